The number of hydrogen-bond acceptors (Lipinski definition) is 2. The standard InChI is InChI=1S/C32H66N2S.BrH/c1-3-32(33-2)26-20-15-11-7-6-9-13-17-22-28-34(29-23-19-24-30-34)27-21-16-12-8-4-5-10-14-18-25-31-35;/h32-33H,3-31H2,1-2H3;1H. The molecule has 0 aromatic rings. The van der Waals surface area contributed by atoms with Gasteiger partial charge in [-0.1, -0.05) is 96.8 Å². The molecule has 0 spiro atoms. The van der Waals surface area contributed by atoms with Gasteiger partial charge in [-0.15, -0.1) is 0 Å². The highest BCUT2D eigenvalue weighted by Gasteiger charge is 2.28. The van der Waals surface area contributed by atoms with E-state index in [0.29, 0.717) is 0 Å². The van der Waals surface area contributed by atoms with Gasteiger partial charge in [0.15, 0.2) is 0 Å². The minimum absolute atomic E-state index is 0. The lowest BCUT2D eigenvalue weighted by Crippen LogP contribution is -3.00. The lowest BCUT2D eigenvalue weighted by molar-refractivity contribution is -0.932. The first kappa shape index (κ1) is 36.8. The molecule has 218 valence electrons. The Kier molecular flexibility index (Phi) is 27.9. The summed E-state index contributed by atoms with van der Waals surface area (Å²) in [5.41, 5.74) is 0. The Hall–Kier alpha value is 0.750. The van der Waals surface area contributed by atoms with Crippen LogP contribution >= 0.6 is 12.6 Å². The number of nitrogens with zero attached hydrogens (tertiary/aromatic N) is 1. The smallest absolute Gasteiger partial charge is 0.0786 e. The van der Waals surface area contributed by atoms with Crippen LogP contribution in [0.5, 0.6) is 0 Å². The van der Waals surface area contributed by atoms with Gasteiger partial charge < -0.3 is 26.8 Å². The Balaban J connectivity index is 0.0000122. The molecule has 0 radical (unpaired) electrons. The Labute approximate surface area is 244 Å². The van der Waals surface area contributed by atoms with E-state index in [4.69, 9.17) is 0 Å². The predicted octanol–water partition coefficient (Wildman–Crippen LogP) is 6.72. The SMILES string of the molecule is CCC(CCCCCCCCCCC[N+]1(CCCCCCCCCCCCS)CCCCC1)NC.[Br-]. The quantitative estimate of drug-likeness (QED) is 0.0647. The molecule has 1 N–H and O–H groups in total. The minimum Gasteiger partial charge on any atom is -1.00 e. The molecule has 4 heteroatoms. The van der Waals surface area contributed by atoms with E-state index in [2.05, 4.69) is 31.9 Å². The van der Waals surface area contributed by atoms with Gasteiger partial charge in [0.2, 0.25) is 0 Å². The zero-order valence-electron chi connectivity index (χ0n) is 24.9. The largest absolute Gasteiger partial charge is 1.00 e. The van der Waals surface area contributed by atoms with Crippen LogP contribution in [0.25, 0.3) is 0 Å². The molecule has 1 aliphatic rings. The Morgan fingerprint density at radius 1 is 0.583 bits per heavy atom. The number of halogens is 1. The van der Waals surface area contributed by atoms with Crippen molar-refractivity contribution in [1.29, 1.82) is 0 Å². The number of thiol groups is 1. The summed E-state index contributed by atoms with van der Waals surface area (Å²) < 4.78 is 1.48. The highest BCUT2D eigenvalue weighted by atomic mass is 79.9. The molecule has 2 nitrogen and oxygen atoms in total. The second-order valence-electron chi connectivity index (χ2n) is 11.9. The van der Waals surface area contributed by atoms with E-state index in [1.54, 1.807) is 0 Å². The molecule has 0 amide bonds. The molecule has 1 rings (SSSR count). The third kappa shape index (κ3) is 20.7. The number of quaternary nitrogens is 1. The summed E-state index contributed by atoms with van der Waals surface area (Å²) in [6.07, 6.45) is 34.7. The van der Waals surface area contributed by atoms with Gasteiger partial charge in [-0.3, -0.25) is 0 Å². The van der Waals surface area contributed by atoms with Crippen molar-refractivity contribution in [3.05, 3.63) is 0 Å². The van der Waals surface area contributed by atoms with Crippen molar-refractivity contribution in [2.45, 2.75) is 167 Å². The number of likely N-dealkylation sites (tertiary alicyclic amines) is 1. The molecule has 1 unspecified atom stereocenters. The lowest BCUT2D eigenvalue weighted by atomic mass is 10.0. The highest BCUT2D eigenvalue weighted by molar-refractivity contribution is 7.80. The maximum absolute atomic E-state index is 4.31. The van der Waals surface area contributed by atoms with Gasteiger partial charge in [-0.25, -0.2) is 0 Å². The van der Waals surface area contributed by atoms with E-state index in [-0.39, 0.29) is 17.0 Å². The molecule has 1 aliphatic heterocycles. The normalized spacial score (nSPS) is 16.1. The van der Waals surface area contributed by atoms with Crippen LogP contribution in [0.3, 0.4) is 0 Å². The molecule has 0 aromatic carbocycles. The van der Waals surface area contributed by atoms with Crippen LogP contribution in [0.2, 0.25) is 0 Å². The molecular formula is C32H67BrN2S. The summed E-state index contributed by atoms with van der Waals surface area (Å²) in [5, 5.41) is 3.44. The number of rotatable bonds is 26. The van der Waals surface area contributed by atoms with E-state index in [1.165, 1.54) is 185 Å². The number of hydrogen-bond donors (Lipinski definition) is 2. The summed E-state index contributed by atoms with van der Waals surface area (Å²) in [5.74, 6) is 1.07. The first-order chi connectivity index (χ1) is 17.3. The average Bonchev–Trinajstić information content (AvgIpc) is 2.88. The van der Waals surface area contributed by atoms with E-state index in [0.717, 1.165) is 11.8 Å². The fourth-order valence-corrected chi connectivity index (χ4v) is 6.57. The van der Waals surface area contributed by atoms with Gasteiger partial charge in [0.05, 0.1) is 26.2 Å². The fourth-order valence-electron chi connectivity index (χ4n) is 6.34. The van der Waals surface area contributed by atoms with Gasteiger partial charge in [0.25, 0.3) is 0 Å². The molecule has 36 heavy (non-hydrogen) atoms. The van der Waals surface area contributed by atoms with Crippen molar-refractivity contribution >= 4 is 12.6 Å². The summed E-state index contributed by atoms with van der Waals surface area (Å²) in [7, 11) is 2.11. The molecule has 1 fully saturated rings. The molecule has 0 aliphatic carbocycles. The minimum atomic E-state index is 0. The zero-order chi connectivity index (χ0) is 25.3. The van der Waals surface area contributed by atoms with Crippen molar-refractivity contribution in [3.63, 3.8) is 0 Å². The second-order valence-corrected chi connectivity index (χ2v) is 12.4. The van der Waals surface area contributed by atoms with Crippen LogP contribution in [-0.2, 0) is 0 Å². The summed E-state index contributed by atoms with van der Waals surface area (Å²) in [6.45, 7) is 8.23. The monoisotopic (exact) mass is 590 g/mol. The summed E-state index contributed by atoms with van der Waals surface area (Å²) in [4.78, 5) is 0. The topological polar surface area (TPSA) is 12.0 Å². The Morgan fingerprint density at radius 3 is 1.36 bits per heavy atom. The molecule has 1 saturated heterocycles. The Morgan fingerprint density at radius 2 is 0.972 bits per heavy atom. The third-order valence-electron chi connectivity index (χ3n) is 8.89. The zero-order valence-corrected chi connectivity index (χ0v) is 27.3. The van der Waals surface area contributed by atoms with Crippen LogP contribution in [-0.4, -0.2) is 49.5 Å². The molecule has 1 atom stereocenters. The lowest BCUT2D eigenvalue weighted by Gasteiger charge is -2.42. The molecule has 0 bridgehead atoms. The third-order valence-corrected chi connectivity index (χ3v) is 9.21. The van der Waals surface area contributed by atoms with Crippen LogP contribution < -0.4 is 22.3 Å². The number of unbranched alkanes of at least 4 members (excludes halogenated alkanes) is 17. The highest BCUT2D eigenvalue weighted by Crippen LogP contribution is 2.23. The van der Waals surface area contributed by atoms with E-state index in [1.807, 2.05) is 0 Å². The van der Waals surface area contributed by atoms with Crippen LogP contribution in [0, 0.1) is 0 Å². The van der Waals surface area contributed by atoms with Crippen molar-refractivity contribution in [2.24, 2.45) is 0 Å². The first-order valence-corrected chi connectivity index (χ1v) is 17.0. The van der Waals surface area contributed by atoms with Gasteiger partial charge in [0, 0.05) is 6.04 Å². The van der Waals surface area contributed by atoms with Crippen molar-refractivity contribution in [2.75, 3.05) is 39.0 Å². The van der Waals surface area contributed by atoms with Gasteiger partial charge >= 0.3 is 0 Å². The summed E-state index contributed by atoms with van der Waals surface area (Å²) >= 11 is 4.31. The molecular weight excluding hydrogens is 524 g/mol. The van der Waals surface area contributed by atoms with Gasteiger partial charge in [-0.2, -0.15) is 12.6 Å². The maximum Gasteiger partial charge on any atom is 0.0786 e. The van der Waals surface area contributed by atoms with Crippen LogP contribution in [0.15, 0.2) is 0 Å². The van der Waals surface area contributed by atoms with Crippen molar-refractivity contribution < 1.29 is 21.5 Å². The number of piperidine rings is 1. The molecule has 0 aromatic heterocycles. The van der Waals surface area contributed by atoms with Crippen LogP contribution in [0.4, 0.5) is 0 Å². The first-order valence-electron chi connectivity index (χ1n) is 16.4. The van der Waals surface area contributed by atoms with Gasteiger partial charge in [0.1, 0.15) is 0 Å². The molecule has 0 saturated carbocycles. The van der Waals surface area contributed by atoms with Gasteiger partial charge in [-0.05, 0) is 77.0 Å². The van der Waals surface area contributed by atoms with E-state index in [9.17, 15) is 0 Å². The van der Waals surface area contributed by atoms with Crippen LogP contribution in [0.1, 0.15) is 161 Å². The number of nitrogens with one attached hydrogen (secondary N) is 1. The molecule has 1 heterocycles. The fraction of sp³-hybridized carbons (Fsp3) is 1.00. The summed E-state index contributed by atoms with van der Waals surface area (Å²) in [6, 6.07) is 0.744. The maximum atomic E-state index is 4.31. The Bertz CT molecular complexity index is 424. The van der Waals surface area contributed by atoms with E-state index >= 15 is 0 Å². The predicted molar refractivity (Wildman–Crippen MR) is 163 cm³/mol. The van der Waals surface area contributed by atoms with Crippen molar-refractivity contribution in [3.8, 4) is 0 Å². The van der Waals surface area contributed by atoms with Crippen molar-refractivity contribution in [1.82, 2.24) is 5.32 Å². The van der Waals surface area contributed by atoms with E-state index < -0.39 is 0 Å². The average molecular weight is 592 g/mol. The second kappa shape index (κ2) is 27.3.